The van der Waals surface area contributed by atoms with E-state index >= 15 is 0 Å². The number of nitro benzene ring substituents is 1. The number of rotatable bonds is 5. The van der Waals surface area contributed by atoms with Gasteiger partial charge in [-0.05, 0) is 34.6 Å². The smallest absolute Gasteiger partial charge is 0.273 e. The lowest BCUT2D eigenvalue weighted by Gasteiger charge is -2.36. The Kier molecular flexibility index (Phi) is 6.29. The Balaban J connectivity index is 1.36. The maximum atomic E-state index is 11.0. The summed E-state index contributed by atoms with van der Waals surface area (Å²) in [5.74, 6) is 0.395. The first-order valence-corrected chi connectivity index (χ1v) is 10.5. The lowest BCUT2D eigenvalue weighted by molar-refractivity contribution is -0.384. The van der Waals surface area contributed by atoms with Crippen LogP contribution in [0, 0.1) is 10.1 Å². The van der Waals surface area contributed by atoms with E-state index in [4.69, 9.17) is 17.0 Å². The molecule has 1 aliphatic heterocycles. The number of nitro groups is 1. The van der Waals surface area contributed by atoms with E-state index in [1.807, 2.05) is 0 Å². The summed E-state index contributed by atoms with van der Waals surface area (Å²) < 4.78 is 5.29. The predicted octanol–water partition coefficient (Wildman–Crippen LogP) is 4.27. The summed E-state index contributed by atoms with van der Waals surface area (Å²) >= 11 is 5.59. The second kappa shape index (κ2) is 9.28. The topological polar surface area (TPSA) is 70.9 Å². The van der Waals surface area contributed by atoms with Crippen molar-refractivity contribution >= 4 is 39.5 Å². The molecule has 31 heavy (non-hydrogen) atoms. The molecule has 0 amide bonds. The molecule has 0 aliphatic carbocycles. The van der Waals surface area contributed by atoms with Crippen molar-refractivity contribution in [1.29, 1.82) is 0 Å². The number of hydrogen-bond donors (Lipinski definition) is 1. The van der Waals surface area contributed by atoms with Gasteiger partial charge in [-0.2, -0.15) is 0 Å². The Hall–Kier alpha value is -3.23. The number of benzene rings is 3. The monoisotopic (exact) mass is 436 g/mol. The molecular weight excluding hydrogens is 412 g/mol. The summed E-state index contributed by atoms with van der Waals surface area (Å²) in [5, 5.41) is 17.3. The first-order valence-electron chi connectivity index (χ1n) is 10.1. The minimum absolute atomic E-state index is 0.0182. The highest BCUT2D eigenvalue weighted by Gasteiger charge is 2.21. The van der Waals surface area contributed by atoms with Gasteiger partial charge < -0.3 is 15.0 Å². The Bertz CT molecular complexity index is 1110. The second-order valence-corrected chi connectivity index (χ2v) is 7.86. The summed E-state index contributed by atoms with van der Waals surface area (Å²) in [5.41, 5.74) is 1.94. The molecule has 0 radical (unpaired) electrons. The van der Waals surface area contributed by atoms with Crippen LogP contribution in [-0.2, 0) is 6.54 Å². The third-order valence-electron chi connectivity index (χ3n) is 5.57. The number of non-ortho nitro benzene ring substituents is 1. The van der Waals surface area contributed by atoms with Gasteiger partial charge in [0.1, 0.15) is 5.75 Å². The van der Waals surface area contributed by atoms with Gasteiger partial charge in [-0.15, -0.1) is 0 Å². The molecule has 0 unspecified atom stereocenters. The Morgan fingerprint density at radius 2 is 1.84 bits per heavy atom. The molecule has 0 saturated carbocycles. The number of anilines is 1. The molecule has 0 atom stereocenters. The van der Waals surface area contributed by atoms with E-state index in [9.17, 15) is 10.1 Å². The van der Waals surface area contributed by atoms with Crippen LogP contribution in [0.25, 0.3) is 10.8 Å². The van der Waals surface area contributed by atoms with E-state index in [1.54, 1.807) is 6.07 Å². The molecule has 1 N–H and O–H groups in total. The quantitative estimate of drug-likeness (QED) is 0.364. The zero-order valence-electron chi connectivity index (χ0n) is 17.3. The van der Waals surface area contributed by atoms with Gasteiger partial charge in [0.15, 0.2) is 5.11 Å². The molecule has 4 rings (SSSR count). The highest BCUT2D eigenvalue weighted by molar-refractivity contribution is 7.80. The van der Waals surface area contributed by atoms with Gasteiger partial charge in [0.05, 0.1) is 23.8 Å². The minimum Gasteiger partial charge on any atom is -0.494 e. The van der Waals surface area contributed by atoms with E-state index < -0.39 is 4.92 Å². The standard InChI is InChI=1S/C23H24N4O3S/c1-30-22-15-19(27(28)29)9-10-21(22)24-23(31)26-13-11-25(12-14-26)16-18-7-4-6-17-5-2-3-8-20(17)18/h2-10,15H,11-14,16H2,1H3,(H,24,31). The van der Waals surface area contributed by atoms with Gasteiger partial charge in [-0.25, -0.2) is 0 Å². The van der Waals surface area contributed by atoms with Crippen LogP contribution < -0.4 is 10.1 Å². The first kappa shape index (κ1) is 21.0. The average Bonchev–Trinajstić information content (AvgIpc) is 2.80. The summed E-state index contributed by atoms with van der Waals surface area (Å²) in [7, 11) is 1.49. The minimum atomic E-state index is -0.445. The zero-order valence-corrected chi connectivity index (χ0v) is 18.1. The number of fused-ring (bicyclic) bond motifs is 1. The second-order valence-electron chi connectivity index (χ2n) is 7.47. The molecule has 7 nitrogen and oxygen atoms in total. The van der Waals surface area contributed by atoms with E-state index in [2.05, 4.69) is 57.6 Å². The molecular formula is C23H24N4O3S. The SMILES string of the molecule is COc1cc([N+](=O)[O-])ccc1NC(=S)N1CCN(Cc2cccc3ccccc23)CC1. The van der Waals surface area contributed by atoms with Crippen LogP contribution in [0.3, 0.4) is 0 Å². The third kappa shape index (κ3) is 4.76. The van der Waals surface area contributed by atoms with E-state index in [0.29, 0.717) is 16.5 Å². The van der Waals surface area contributed by atoms with Crippen molar-refractivity contribution in [3.05, 3.63) is 76.3 Å². The zero-order chi connectivity index (χ0) is 21.8. The molecule has 1 aliphatic rings. The highest BCUT2D eigenvalue weighted by atomic mass is 32.1. The summed E-state index contributed by atoms with van der Waals surface area (Å²) in [6, 6.07) is 19.4. The number of ether oxygens (including phenoxy) is 1. The molecule has 3 aromatic carbocycles. The average molecular weight is 437 g/mol. The fraction of sp³-hybridized carbons (Fsp3) is 0.261. The van der Waals surface area contributed by atoms with Crippen molar-refractivity contribution in [3.63, 3.8) is 0 Å². The number of hydrogen-bond acceptors (Lipinski definition) is 5. The number of methoxy groups -OCH3 is 1. The number of nitrogens with zero attached hydrogens (tertiary/aromatic N) is 3. The first-order chi connectivity index (χ1) is 15.0. The van der Waals surface area contributed by atoms with Crippen LogP contribution in [0.2, 0.25) is 0 Å². The molecule has 1 fully saturated rings. The van der Waals surface area contributed by atoms with Crippen molar-refractivity contribution in [2.24, 2.45) is 0 Å². The van der Waals surface area contributed by atoms with E-state index in [1.165, 1.54) is 35.6 Å². The molecule has 8 heteroatoms. The van der Waals surface area contributed by atoms with Crippen molar-refractivity contribution in [1.82, 2.24) is 9.80 Å². The maximum absolute atomic E-state index is 11.0. The van der Waals surface area contributed by atoms with Crippen LogP contribution in [0.1, 0.15) is 5.56 Å². The van der Waals surface area contributed by atoms with Crippen molar-refractivity contribution < 1.29 is 9.66 Å². The number of piperazine rings is 1. The van der Waals surface area contributed by atoms with Gasteiger partial charge in [0.2, 0.25) is 0 Å². The molecule has 1 heterocycles. The predicted molar refractivity (Wildman–Crippen MR) is 127 cm³/mol. The lowest BCUT2D eigenvalue weighted by Crippen LogP contribution is -2.49. The van der Waals surface area contributed by atoms with Crippen LogP contribution in [0.5, 0.6) is 5.75 Å². The van der Waals surface area contributed by atoms with E-state index in [-0.39, 0.29) is 5.69 Å². The normalized spacial score (nSPS) is 14.4. The van der Waals surface area contributed by atoms with Gasteiger partial charge in [0, 0.05) is 38.8 Å². The fourth-order valence-corrected chi connectivity index (χ4v) is 4.16. The molecule has 0 bridgehead atoms. The Morgan fingerprint density at radius 3 is 2.58 bits per heavy atom. The molecule has 0 aromatic heterocycles. The molecule has 160 valence electrons. The molecule has 3 aromatic rings. The highest BCUT2D eigenvalue weighted by Crippen LogP contribution is 2.29. The Labute approximate surface area is 186 Å². The van der Waals surface area contributed by atoms with Gasteiger partial charge >= 0.3 is 0 Å². The van der Waals surface area contributed by atoms with Crippen molar-refractivity contribution in [3.8, 4) is 5.75 Å². The lowest BCUT2D eigenvalue weighted by atomic mass is 10.0. The summed E-state index contributed by atoms with van der Waals surface area (Å²) in [6.07, 6.45) is 0. The molecule has 1 saturated heterocycles. The van der Waals surface area contributed by atoms with Crippen molar-refractivity contribution in [2.45, 2.75) is 6.54 Å². The fourth-order valence-electron chi connectivity index (χ4n) is 3.87. The van der Waals surface area contributed by atoms with Crippen LogP contribution in [0.15, 0.2) is 60.7 Å². The number of thiocarbonyl (C=S) groups is 1. The summed E-state index contributed by atoms with van der Waals surface area (Å²) in [4.78, 5) is 15.1. The van der Waals surface area contributed by atoms with Gasteiger partial charge in [0.25, 0.3) is 5.69 Å². The molecule has 0 spiro atoms. The van der Waals surface area contributed by atoms with Gasteiger partial charge in [-0.3, -0.25) is 15.0 Å². The Morgan fingerprint density at radius 1 is 1.10 bits per heavy atom. The number of nitrogens with one attached hydrogen (secondary N) is 1. The van der Waals surface area contributed by atoms with Gasteiger partial charge in [-0.1, -0.05) is 42.5 Å². The van der Waals surface area contributed by atoms with Crippen LogP contribution in [-0.4, -0.2) is 53.1 Å². The maximum Gasteiger partial charge on any atom is 0.273 e. The van der Waals surface area contributed by atoms with Crippen LogP contribution in [0.4, 0.5) is 11.4 Å². The van der Waals surface area contributed by atoms with E-state index in [0.717, 1.165) is 32.7 Å². The largest absolute Gasteiger partial charge is 0.494 e. The summed E-state index contributed by atoms with van der Waals surface area (Å²) in [6.45, 7) is 4.34. The third-order valence-corrected chi connectivity index (χ3v) is 5.93. The van der Waals surface area contributed by atoms with Crippen molar-refractivity contribution in [2.75, 3.05) is 38.6 Å². The van der Waals surface area contributed by atoms with Crippen LogP contribution >= 0.6 is 12.2 Å².